The molecule has 0 atom stereocenters. The Morgan fingerprint density at radius 1 is 1.44 bits per heavy atom. The maximum atomic E-state index is 12.6. The molecule has 0 aromatic carbocycles. The molecule has 2 heterocycles. The van der Waals surface area contributed by atoms with Gasteiger partial charge < -0.3 is 5.11 Å². The molecular formula is C9H4BrF3N2O2S. The Morgan fingerprint density at radius 2 is 2.11 bits per heavy atom. The molecule has 0 saturated carbocycles. The molecule has 1 N–H and O–H groups in total. The number of thiazole rings is 1. The predicted molar refractivity (Wildman–Crippen MR) is 61.1 cm³/mol. The van der Waals surface area contributed by atoms with E-state index in [9.17, 15) is 18.0 Å². The molecule has 96 valence electrons. The van der Waals surface area contributed by atoms with Gasteiger partial charge in [0.05, 0.1) is 11.1 Å². The van der Waals surface area contributed by atoms with Gasteiger partial charge in [0.25, 0.3) is 0 Å². The average molecular weight is 341 g/mol. The third-order valence-corrected chi connectivity index (χ3v) is 3.61. The summed E-state index contributed by atoms with van der Waals surface area (Å²) in [5.74, 6) is -1.63. The third kappa shape index (κ3) is 2.41. The molecule has 0 aliphatic carbocycles. The van der Waals surface area contributed by atoms with Crippen LogP contribution in [0.2, 0.25) is 0 Å². The molecule has 0 aliphatic heterocycles. The molecule has 0 radical (unpaired) electrons. The zero-order valence-electron chi connectivity index (χ0n) is 8.40. The lowest BCUT2D eigenvalue weighted by atomic mass is 10.2. The molecule has 0 fully saturated rings. The maximum Gasteiger partial charge on any atom is 0.418 e. The summed E-state index contributed by atoms with van der Waals surface area (Å²) in [7, 11) is 0. The molecule has 4 nitrogen and oxygen atoms in total. The number of hydrogen-bond donors (Lipinski definition) is 1. The van der Waals surface area contributed by atoms with Crippen molar-refractivity contribution in [3.05, 3.63) is 33.5 Å². The van der Waals surface area contributed by atoms with Gasteiger partial charge in [-0.15, -0.1) is 11.3 Å². The number of aromatic carboxylic acids is 1. The van der Waals surface area contributed by atoms with Crippen molar-refractivity contribution in [3.63, 3.8) is 0 Å². The first-order valence-electron chi connectivity index (χ1n) is 4.43. The SMILES string of the molecule is O=C(O)c1cn(-c2nc(Br)cs2)cc1C(F)(F)F. The highest BCUT2D eigenvalue weighted by atomic mass is 79.9. The number of carbonyl (C=O) groups is 1. The standard InChI is InChI=1S/C9H4BrF3N2O2S/c10-6-3-18-8(14-6)15-1-4(7(16)17)5(2-15)9(11,12)13/h1-3H,(H,16,17). The Morgan fingerprint density at radius 3 is 2.50 bits per heavy atom. The van der Waals surface area contributed by atoms with E-state index in [0.717, 1.165) is 22.1 Å². The number of alkyl halides is 3. The van der Waals surface area contributed by atoms with E-state index in [0.29, 0.717) is 10.8 Å². The molecule has 0 spiro atoms. The van der Waals surface area contributed by atoms with Crippen LogP contribution < -0.4 is 0 Å². The normalized spacial score (nSPS) is 11.8. The fraction of sp³-hybridized carbons (Fsp3) is 0.111. The highest BCUT2D eigenvalue weighted by Gasteiger charge is 2.37. The van der Waals surface area contributed by atoms with Gasteiger partial charge in [0.2, 0.25) is 0 Å². The second kappa shape index (κ2) is 4.39. The van der Waals surface area contributed by atoms with Crippen molar-refractivity contribution in [1.29, 1.82) is 0 Å². The van der Waals surface area contributed by atoms with E-state index in [1.165, 1.54) is 0 Å². The van der Waals surface area contributed by atoms with Crippen LogP contribution in [0.4, 0.5) is 13.2 Å². The lowest BCUT2D eigenvalue weighted by Gasteiger charge is -2.03. The van der Waals surface area contributed by atoms with E-state index >= 15 is 0 Å². The minimum Gasteiger partial charge on any atom is -0.478 e. The van der Waals surface area contributed by atoms with Crippen LogP contribution >= 0.6 is 27.3 Å². The summed E-state index contributed by atoms with van der Waals surface area (Å²) in [5, 5.41) is 10.6. The summed E-state index contributed by atoms with van der Waals surface area (Å²) < 4.78 is 39.4. The Labute approximate surface area is 111 Å². The number of aromatic nitrogens is 2. The van der Waals surface area contributed by atoms with Crippen LogP contribution in [0, 0.1) is 0 Å². The topological polar surface area (TPSA) is 55.1 Å². The molecule has 0 saturated heterocycles. The molecule has 0 amide bonds. The van der Waals surface area contributed by atoms with Crippen molar-refractivity contribution in [2.45, 2.75) is 6.18 Å². The van der Waals surface area contributed by atoms with Gasteiger partial charge in [-0.05, 0) is 15.9 Å². The number of halogens is 4. The number of carboxylic acid groups (broad SMARTS) is 1. The number of carboxylic acids is 1. The van der Waals surface area contributed by atoms with Crippen LogP contribution in [0.1, 0.15) is 15.9 Å². The smallest absolute Gasteiger partial charge is 0.418 e. The molecule has 0 unspecified atom stereocenters. The molecule has 0 bridgehead atoms. The average Bonchev–Trinajstić information content (AvgIpc) is 2.81. The van der Waals surface area contributed by atoms with E-state index in [1.807, 2.05) is 0 Å². The van der Waals surface area contributed by atoms with Crippen molar-refractivity contribution < 1.29 is 23.1 Å². The van der Waals surface area contributed by atoms with Crippen LogP contribution in [-0.4, -0.2) is 20.6 Å². The minimum atomic E-state index is -4.71. The van der Waals surface area contributed by atoms with E-state index < -0.39 is 23.3 Å². The van der Waals surface area contributed by atoms with Crippen LogP contribution in [0.3, 0.4) is 0 Å². The zero-order valence-corrected chi connectivity index (χ0v) is 10.8. The highest BCUT2D eigenvalue weighted by Crippen LogP contribution is 2.34. The quantitative estimate of drug-likeness (QED) is 0.911. The summed E-state index contributed by atoms with van der Waals surface area (Å²) in [6, 6.07) is 0. The predicted octanol–water partition coefficient (Wildman–Crippen LogP) is 3.41. The Bertz CT molecular complexity index is 605. The first-order chi connectivity index (χ1) is 8.29. The number of rotatable bonds is 2. The van der Waals surface area contributed by atoms with Crippen LogP contribution in [0.25, 0.3) is 5.13 Å². The Balaban J connectivity index is 2.56. The van der Waals surface area contributed by atoms with E-state index in [4.69, 9.17) is 5.11 Å². The van der Waals surface area contributed by atoms with Gasteiger partial charge in [0.15, 0.2) is 5.13 Å². The van der Waals surface area contributed by atoms with Gasteiger partial charge in [-0.2, -0.15) is 13.2 Å². The molecule has 18 heavy (non-hydrogen) atoms. The van der Waals surface area contributed by atoms with Gasteiger partial charge in [0.1, 0.15) is 4.60 Å². The monoisotopic (exact) mass is 340 g/mol. The third-order valence-electron chi connectivity index (χ3n) is 2.05. The van der Waals surface area contributed by atoms with E-state index in [1.54, 1.807) is 5.38 Å². The Hall–Kier alpha value is -1.35. The van der Waals surface area contributed by atoms with Crippen LogP contribution in [0.15, 0.2) is 22.4 Å². The molecule has 9 heteroatoms. The fourth-order valence-electron chi connectivity index (χ4n) is 1.33. The summed E-state index contributed by atoms with van der Waals surface area (Å²) in [6.45, 7) is 0. The maximum absolute atomic E-state index is 12.6. The number of nitrogens with zero attached hydrogens (tertiary/aromatic N) is 2. The van der Waals surface area contributed by atoms with E-state index in [-0.39, 0.29) is 5.13 Å². The first-order valence-corrected chi connectivity index (χ1v) is 6.10. The largest absolute Gasteiger partial charge is 0.478 e. The van der Waals surface area contributed by atoms with Gasteiger partial charge in [-0.1, -0.05) is 0 Å². The van der Waals surface area contributed by atoms with Crippen molar-refractivity contribution >= 4 is 33.2 Å². The van der Waals surface area contributed by atoms with Crippen LogP contribution in [-0.2, 0) is 6.18 Å². The lowest BCUT2D eigenvalue weighted by molar-refractivity contribution is -0.138. The molecule has 2 aromatic rings. The lowest BCUT2D eigenvalue weighted by Crippen LogP contribution is -2.09. The van der Waals surface area contributed by atoms with E-state index in [2.05, 4.69) is 20.9 Å². The summed E-state index contributed by atoms with van der Waals surface area (Å²) in [6.07, 6.45) is -3.10. The van der Waals surface area contributed by atoms with Crippen molar-refractivity contribution in [2.75, 3.05) is 0 Å². The van der Waals surface area contributed by atoms with Crippen molar-refractivity contribution in [1.82, 2.24) is 9.55 Å². The summed E-state index contributed by atoms with van der Waals surface area (Å²) in [4.78, 5) is 14.7. The van der Waals surface area contributed by atoms with Gasteiger partial charge in [0, 0.05) is 17.8 Å². The second-order valence-corrected chi connectivity index (χ2v) is 4.90. The Kier molecular flexibility index (Phi) is 3.20. The summed E-state index contributed by atoms with van der Waals surface area (Å²) >= 11 is 4.16. The summed E-state index contributed by atoms with van der Waals surface area (Å²) in [5.41, 5.74) is -1.99. The molecule has 0 aliphatic rings. The van der Waals surface area contributed by atoms with Crippen molar-refractivity contribution in [3.8, 4) is 5.13 Å². The molecule has 2 aromatic heterocycles. The minimum absolute atomic E-state index is 0.250. The molecular weight excluding hydrogens is 337 g/mol. The van der Waals surface area contributed by atoms with Gasteiger partial charge >= 0.3 is 12.1 Å². The zero-order chi connectivity index (χ0) is 13.5. The van der Waals surface area contributed by atoms with Crippen molar-refractivity contribution in [2.24, 2.45) is 0 Å². The first kappa shape index (κ1) is 13.1. The second-order valence-electron chi connectivity index (χ2n) is 3.25. The van der Waals surface area contributed by atoms with Gasteiger partial charge in [-0.25, -0.2) is 9.78 Å². The number of hydrogen-bond acceptors (Lipinski definition) is 3. The highest BCUT2D eigenvalue weighted by molar-refractivity contribution is 9.10. The van der Waals surface area contributed by atoms with Gasteiger partial charge in [-0.3, -0.25) is 4.57 Å². The fourth-order valence-corrected chi connectivity index (χ4v) is 2.52. The molecule has 2 rings (SSSR count). The van der Waals surface area contributed by atoms with Crippen LogP contribution in [0.5, 0.6) is 0 Å².